The zero-order chi connectivity index (χ0) is 12.0. The van der Waals surface area contributed by atoms with Gasteiger partial charge in [-0.05, 0) is 25.0 Å². The van der Waals surface area contributed by atoms with Crippen molar-refractivity contribution in [3.63, 3.8) is 0 Å². The van der Waals surface area contributed by atoms with Gasteiger partial charge in [-0.1, -0.05) is 31.5 Å². The highest BCUT2D eigenvalue weighted by atomic mass is 35.5. The van der Waals surface area contributed by atoms with Crippen LogP contribution >= 0.6 is 11.6 Å². The Balaban J connectivity index is 0.000000606. The molecule has 0 fully saturated rings. The molecule has 1 aromatic rings. The highest BCUT2D eigenvalue weighted by Crippen LogP contribution is 2.25. The molecular weight excluding hydrogens is 222 g/mol. The number of hydrogen-bond donors (Lipinski definition) is 0. The molecule has 0 unspecified atom stereocenters. The monoisotopic (exact) mass is 239 g/mol. The van der Waals surface area contributed by atoms with Gasteiger partial charge in [-0.25, -0.2) is 0 Å². The van der Waals surface area contributed by atoms with E-state index in [2.05, 4.69) is 11.1 Å². The standard InChI is InChI=1S/C11H12ClNO.C2H6/c1-8-11(6-10(12)7-13-8)9-2-4-14-5-3-9;1-2/h2,6-7H,3-5H2,1H3;1-2H3. The van der Waals surface area contributed by atoms with E-state index in [1.807, 2.05) is 26.8 Å². The number of rotatable bonds is 1. The van der Waals surface area contributed by atoms with Gasteiger partial charge < -0.3 is 4.74 Å². The Kier molecular flexibility index (Phi) is 5.50. The van der Waals surface area contributed by atoms with Crippen LogP contribution in [0.25, 0.3) is 5.57 Å². The van der Waals surface area contributed by atoms with E-state index in [1.54, 1.807) is 6.20 Å². The molecular formula is C13H18ClNO. The fourth-order valence-corrected chi connectivity index (χ4v) is 1.76. The normalized spacial score (nSPS) is 14.9. The molecule has 0 N–H and O–H groups in total. The summed E-state index contributed by atoms with van der Waals surface area (Å²) in [7, 11) is 0. The summed E-state index contributed by atoms with van der Waals surface area (Å²) in [5, 5.41) is 0.693. The second-order valence-corrected chi connectivity index (χ2v) is 3.78. The lowest BCUT2D eigenvalue weighted by atomic mass is 10.0. The second kappa shape index (κ2) is 6.66. The van der Waals surface area contributed by atoms with Gasteiger partial charge in [0.2, 0.25) is 0 Å². The van der Waals surface area contributed by atoms with Crippen molar-refractivity contribution in [3.8, 4) is 0 Å². The average molecular weight is 240 g/mol. The molecule has 0 amide bonds. The summed E-state index contributed by atoms with van der Waals surface area (Å²) < 4.78 is 5.26. The lowest BCUT2D eigenvalue weighted by Crippen LogP contribution is -2.05. The Labute approximate surface area is 102 Å². The predicted molar refractivity (Wildman–Crippen MR) is 68.7 cm³/mol. The van der Waals surface area contributed by atoms with Crippen molar-refractivity contribution >= 4 is 17.2 Å². The third-order valence-electron chi connectivity index (χ3n) is 2.36. The topological polar surface area (TPSA) is 22.1 Å². The first kappa shape index (κ1) is 13.2. The molecule has 0 aromatic carbocycles. The molecule has 0 aliphatic carbocycles. The van der Waals surface area contributed by atoms with E-state index in [-0.39, 0.29) is 0 Å². The molecule has 1 aliphatic heterocycles. The summed E-state index contributed by atoms with van der Waals surface area (Å²) in [6, 6.07) is 1.97. The zero-order valence-corrected chi connectivity index (χ0v) is 10.8. The fraction of sp³-hybridized carbons (Fsp3) is 0.462. The molecule has 1 aromatic heterocycles. The molecule has 2 nitrogen and oxygen atoms in total. The van der Waals surface area contributed by atoms with Crippen molar-refractivity contribution in [3.05, 3.63) is 34.6 Å². The van der Waals surface area contributed by atoms with E-state index in [0.717, 1.165) is 24.3 Å². The van der Waals surface area contributed by atoms with Crippen molar-refractivity contribution in [2.75, 3.05) is 13.2 Å². The number of nitrogens with zero attached hydrogens (tertiary/aromatic N) is 1. The van der Waals surface area contributed by atoms with Crippen LogP contribution < -0.4 is 0 Å². The summed E-state index contributed by atoms with van der Waals surface area (Å²) in [5.41, 5.74) is 3.48. The van der Waals surface area contributed by atoms with E-state index in [4.69, 9.17) is 16.3 Å². The molecule has 0 bridgehead atoms. The first-order valence-corrected chi connectivity index (χ1v) is 6.04. The van der Waals surface area contributed by atoms with E-state index in [0.29, 0.717) is 11.6 Å². The third-order valence-corrected chi connectivity index (χ3v) is 2.57. The van der Waals surface area contributed by atoms with Crippen molar-refractivity contribution in [2.45, 2.75) is 27.2 Å². The predicted octanol–water partition coefficient (Wildman–Crippen LogP) is 3.87. The van der Waals surface area contributed by atoms with Crippen molar-refractivity contribution in [1.82, 2.24) is 4.98 Å². The number of aromatic nitrogens is 1. The summed E-state index contributed by atoms with van der Waals surface area (Å²) >= 11 is 5.92. The van der Waals surface area contributed by atoms with Crippen molar-refractivity contribution in [2.24, 2.45) is 0 Å². The Hall–Kier alpha value is -0.860. The van der Waals surface area contributed by atoms with Crippen LogP contribution in [0.2, 0.25) is 5.02 Å². The van der Waals surface area contributed by atoms with Crippen LogP contribution in [0.15, 0.2) is 18.3 Å². The van der Waals surface area contributed by atoms with E-state index < -0.39 is 0 Å². The summed E-state index contributed by atoms with van der Waals surface area (Å²) in [4.78, 5) is 4.24. The van der Waals surface area contributed by atoms with E-state index in [9.17, 15) is 0 Å². The summed E-state index contributed by atoms with van der Waals surface area (Å²) in [6.45, 7) is 7.49. The van der Waals surface area contributed by atoms with Gasteiger partial charge in [-0.2, -0.15) is 0 Å². The first-order chi connectivity index (χ1) is 7.77. The zero-order valence-electron chi connectivity index (χ0n) is 10.1. The number of hydrogen-bond acceptors (Lipinski definition) is 2. The maximum absolute atomic E-state index is 5.92. The minimum atomic E-state index is 0.693. The Morgan fingerprint density at radius 3 is 2.75 bits per heavy atom. The summed E-state index contributed by atoms with van der Waals surface area (Å²) in [5.74, 6) is 0. The Bertz CT molecular complexity index is 374. The number of pyridine rings is 1. The van der Waals surface area contributed by atoms with Gasteiger partial charge in [0.05, 0.1) is 18.2 Å². The smallest absolute Gasteiger partial charge is 0.0653 e. The minimum absolute atomic E-state index is 0.693. The first-order valence-electron chi connectivity index (χ1n) is 5.66. The van der Waals surface area contributed by atoms with E-state index in [1.165, 1.54) is 5.57 Å². The second-order valence-electron chi connectivity index (χ2n) is 3.34. The fourth-order valence-electron chi connectivity index (χ4n) is 1.60. The van der Waals surface area contributed by atoms with Crippen molar-refractivity contribution in [1.29, 1.82) is 0 Å². The Morgan fingerprint density at radius 2 is 2.12 bits per heavy atom. The molecule has 3 heteroatoms. The minimum Gasteiger partial charge on any atom is -0.377 e. The van der Waals surface area contributed by atoms with Crippen LogP contribution in [0.3, 0.4) is 0 Å². The van der Waals surface area contributed by atoms with E-state index >= 15 is 0 Å². The van der Waals surface area contributed by atoms with Gasteiger partial charge in [-0.15, -0.1) is 0 Å². The SMILES string of the molecule is CC.Cc1ncc(Cl)cc1C1=CCOCC1. The quantitative estimate of drug-likeness (QED) is 0.742. The number of ether oxygens (including phenoxy) is 1. The molecule has 0 radical (unpaired) electrons. The third kappa shape index (κ3) is 3.32. The van der Waals surface area contributed by atoms with Gasteiger partial charge in [0.25, 0.3) is 0 Å². The van der Waals surface area contributed by atoms with Crippen LogP contribution in [0.1, 0.15) is 31.5 Å². The molecule has 2 rings (SSSR count). The lowest BCUT2D eigenvalue weighted by Gasteiger charge is -2.15. The van der Waals surface area contributed by atoms with Gasteiger partial charge >= 0.3 is 0 Å². The summed E-state index contributed by atoms with van der Waals surface area (Å²) in [6.07, 6.45) is 4.73. The van der Waals surface area contributed by atoms with Crippen LogP contribution in [0, 0.1) is 6.92 Å². The van der Waals surface area contributed by atoms with Gasteiger partial charge in [0.1, 0.15) is 0 Å². The average Bonchev–Trinajstić information content (AvgIpc) is 2.36. The van der Waals surface area contributed by atoms with Gasteiger partial charge in [0.15, 0.2) is 0 Å². The van der Waals surface area contributed by atoms with Crippen LogP contribution in [0.5, 0.6) is 0 Å². The number of halogens is 1. The Morgan fingerprint density at radius 1 is 1.38 bits per heavy atom. The number of aryl methyl sites for hydroxylation is 1. The highest BCUT2D eigenvalue weighted by molar-refractivity contribution is 6.30. The molecule has 88 valence electrons. The lowest BCUT2D eigenvalue weighted by molar-refractivity contribution is 0.161. The molecule has 0 saturated heterocycles. The molecule has 0 atom stereocenters. The van der Waals surface area contributed by atoms with Gasteiger partial charge in [0, 0.05) is 17.5 Å². The maximum Gasteiger partial charge on any atom is 0.0653 e. The molecule has 16 heavy (non-hydrogen) atoms. The van der Waals surface area contributed by atoms with Crippen LogP contribution in [-0.2, 0) is 4.74 Å². The maximum atomic E-state index is 5.92. The molecule has 0 saturated carbocycles. The molecule has 0 spiro atoms. The van der Waals surface area contributed by atoms with Crippen molar-refractivity contribution < 1.29 is 4.74 Å². The van der Waals surface area contributed by atoms with Crippen LogP contribution in [-0.4, -0.2) is 18.2 Å². The van der Waals surface area contributed by atoms with Gasteiger partial charge in [-0.3, -0.25) is 4.98 Å². The largest absolute Gasteiger partial charge is 0.377 e. The molecule has 2 heterocycles. The highest BCUT2D eigenvalue weighted by Gasteiger charge is 2.09. The van der Waals surface area contributed by atoms with Crippen LogP contribution in [0.4, 0.5) is 0 Å². The molecule has 1 aliphatic rings.